The topological polar surface area (TPSA) is 51.8 Å². The average Bonchev–Trinajstić information content (AvgIpc) is 3.83. The summed E-state index contributed by atoms with van der Waals surface area (Å²) in [6.07, 6.45) is 0. The summed E-state index contributed by atoms with van der Waals surface area (Å²) in [5.41, 5.74) is 13.4. The van der Waals surface area contributed by atoms with Crippen LogP contribution in [0.5, 0.6) is 0 Å². The molecule has 4 nitrogen and oxygen atoms in total. The highest BCUT2D eigenvalue weighted by molar-refractivity contribution is 6.09. The summed E-state index contributed by atoms with van der Waals surface area (Å²) in [5, 5.41) is 1.83. The van der Waals surface area contributed by atoms with Crippen molar-refractivity contribution in [3.63, 3.8) is 0 Å². The second-order valence-electron chi connectivity index (χ2n) is 13.0. The van der Waals surface area contributed by atoms with Crippen LogP contribution >= 0.6 is 0 Å². The van der Waals surface area contributed by atoms with E-state index in [1.54, 1.807) is 6.07 Å². The SMILES string of the molecule is [2H]c1cccc2c1oc1c(-c3nc(-c4ccccc4)nc(-c4ccc5c(c4)C4(c6ccccc6-c6ccccc64)c4ccccc4-5)n3)cccc12. The molecule has 0 atom stereocenters. The Labute approximate surface area is 289 Å². The molecule has 1 spiro atoms. The van der Waals surface area contributed by atoms with Gasteiger partial charge >= 0.3 is 0 Å². The van der Waals surface area contributed by atoms with Crippen molar-refractivity contribution in [3.8, 4) is 56.4 Å². The number of nitrogens with zero attached hydrogens (tertiary/aromatic N) is 3. The third-order valence-electron chi connectivity index (χ3n) is 10.5. The van der Waals surface area contributed by atoms with Gasteiger partial charge in [0.05, 0.1) is 12.3 Å². The number of hydrogen-bond acceptors (Lipinski definition) is 4. The number of aromatic nitrogens is 3. The molecule has 2 aromatic heterocycles. The molecule has 50 heavy (non-hydrogen) atoms. The molecule has 2 heterocycles. The lowest BCUT2D eigenvalue weighted by Crippen LogP contribution is -2.25. The summed E-state index contributed by atoms with van der Waals surface area (Å²) < 4.78 is 14.9. The maximum absolute atomic E-state index is 8.50. The van der Waals surface area contributed by atoms with Gasteiger partial charge < -0.3 is 4.42 Å². The fraction of sp³-hybridized carbons (Fsp3) is 0.0217. The number of furan rings is 1. The van der Waals surface area contributed by atoms with Gasteiger partial charge in [-0.1, -0.05) is 146 Å². The molecular formula is C46H27N3O. The number of hydrogen-bond donors (Lipinski definition) is 0. The van der Waals surface area contributed by atoms with E-state index in [4.69, 9.17) is 20.7 Å². The van der Waals surface area contributed by atoms with Crippen LogP contribution in [-0.4, -0.2) is 15.0 Å². The summed E-state index contributed by atoms with van der Waals surface area (Å²) in [4.78, 5) is 15.4. The molecule has 7 aromatic carbocycles. The van der Waals surface area contributed by atoms with E-state index in [9.17, 15) is 0 Å². The van der Waals surface area contributed by atoms with E-state index in [1.165, 1.54) is 44.5 Å². The summed E-state index contributed by atoms with van der Waals surface area (Å²) in [7, 11) is 0. The monoisotopic (exact) mass is 638 g/mol. The van der Waals surface area contributed by atoms with Crippen LogP contribution in [0.4, 0.5) is 0 Å². The molecule has 0 aliphatic heterocycles. The van der Waals surface area contributed by atoms with Crippen LogP contribution in [0.2, 0.25) is 0 Å². The highest BCUT2D eigenvalue weighted by Gasteiger charge is 2.51. The lowest BCUT2D eigenvalue weighted by molar-refractivity contribution is 0.669. The zero-order valence-electron chi connectivity index (χ0n) is 27.8. The normalized spacial score (nSPS) is 13.6. The Bertz CT molecular complexity index is 2830. The smallest absolute Gasteiger partial charge is 0.167 e. The molecule has 0 amide bonds. The number of fused-ring (bicyclic) bond motifs is 13. The van der Waals surface area contributed by atoms with Gasteiger partial charge in [0.1, 0.15) is 11.2 Å². The van der Waals surface area contributed by atoms with E-state index in [1.807, 2.05) is 60.7 Å². The van der Waals surface area contributed by atoms with E-state index >= 15 is 0 Å². The van der Waals surface area contributed by atoms with Crippen molar-refractivity contribution in [2.75, 3.05) is 0 Å². The average molecular weight is 639 g/mol. The zero-order chi connectivity index (χ0) is 33.7. The van der Waals surface area contributed by atoms with Crippen molar-refractivity contribution in [2.24, 2.45) is 0 Å². The molecule has 0 saturated carbocycles. The fourth-order valence-electron chi connectivity index (χ4n) is 8.43. The van der Waals surface area contributed by atoms with Gasteiger partial charge in [0.15, 0.2) is 17.5 Å². The van der Waals surface area contributed by atoms with Gasteiger partial charge in [-0.15, -0.1) is 0 Å². The fourth-order valence-corrected chi connectivity index (χ4v) is 8.43. The van der Waals surface area contributed by atoms with Crippen molar-refractivity contribution in [1.82, 2.24) is 15.0 Å². The minimum atomic E-state index is -0.471. The maximum atomic E-state index is 8.50. The molecule has 2 aliphatic carbocycles. The van der Waals surface area contributed by atoms with Crippen LogP contribution in [0.25, 0.3) is 78.4 Å². The maximum Gasteiger partial charge on any atom is 0.167 e. The Morgan fingerprint density at radius 1 is 0.420 bits per heavy atom. The van der Waals surface area contributed by atoms with Crippen molar-refractivity contribution in [1.29, 1.82) is 0 Å². The Morgan fingerprint density at radius 2 is 0.960 bits per heavy atom. The van der Waals surface area contributed by atoms with Crippen LogP contribution in [0.15, 0.2) is 168 Å². The quantitative estimate of drug-likeness (QED) is 0.193. The van der Waals surface area contributed by atoms with Crippen molar-refractivity contribution in [3.05, 3.63) is 186 Å². The molecule has 11 rings (SSSR count). The van der Waals surface area contributed by atoms with E-state index < -0.39 is 5.41 Å². The van der Waals surface area contributed by atoms with Crippen LogP contribution in [0.3, 0.4) is 0 Å². The number of para-hydroxylation sites is 2. The first kappa shape index (κ1) is 26.3. The van der Waals surface area contributed by atoms with Gasteiger partial charge in [0.25, 0.3) is 0 Å². The molecule has 2 aliphatic rings. The number of benzene rings is 7. The molecular weight excluding hydrogens is 611 g/mol. The molecule has 0 N–H and O–H groups in total. The van der Waals surface area contributed by atoms with E-state index in [-0.39, 0.29) is 0 Å². The highest BCUT2D eigenvalue weighted by Crippen LogP contribution is 2.63. The molecule has 0 unspecified atom stereocenters. The van der Waals surface area contributed by atoms with Gasteiger partial charge in [-0.05, 0) is 62.7 Å². The van der Waals surface area contributed by atoms with Gasteiger partial charge in [-0.3, -0.25) is 0 Å². The van der Waals surface area contributed by atoms with Crippen molar-refractivity contribution in [2.45, 2.75) is 5.41 Å². The Hall–Kier alpha value is -6.65. The van der Waals surface area contributed by atoms with E-state index in [0.717, 1.165) is 27.5 Å². The molecule has 0 saturated heterocycles. The van der Waals surface area contributed by atoms with Gasteiger partial charge in [-0.25, -0.2) is 15.0 Å². The third-order valence-corrected chi connectivity index (χ3v) is 10.5. The van der Waals surface area contributed by atoms with Crippen LogP contribution in [0.1, 0.15) is 23.6 Å². The molecule has 0 radical (unpaired) electrons. The highest BCUT2D eigenvalue weighted by atomic mass is 16.3. The summed E-state index contributed by atoms with van der Waals surface area (Å²) in [6.45, 7) is 0. The molecule has 232 valence electrons. The first-order chi connectivity index (χ1) is 25.2. The molecule has 9 aromatic rings. The van der Waals surface area contributed by atoms with Gasteiger partial charge in [0.2, 0.25) is 0 Å². The second kappa shape index (κ2) is 10.2. The largest absolute Gasteiger partial charge is 0.455 e. The first-order valence-electron chi connectivity index (χ1n) is 17.4. The minimum Gasteiger partial charge on any atom is -0.455 e. The Kier molecular flexibility index (Phi) is 5.36. The molecule has 4 heteroatoms. The van der Waals surface area contributed by atoms with Crippen molar-refractivity contribution < 1.29 is 5.79 Å². The summed E-state index contributed by atoms with van der Waals surface area (Å²) >= 11 is 0. The predicted octanol–water partition coefficient (Wildman–Crippen LogP) is 11.1. The standard InChI is InChI=1S/C46H27N3O/c1-2-13-28(14-3-1)43-47-44(49-45(48-43)36-20-12-19-35-34-18-7-11-24-41(34)50-42(35)36)29-25-26-33-32-17-6-10-23-39(32)46(40(33)27-29)37-21-8-4-15-30(37)31-16-5-9-22-38(31)46/h1-27H/i24D. The van der Waals surface area contributed by atoms with Crippen molar-refractivity contribution >= 4 is 21.9 Å². The zero-order valence-corrected chi connectivity index (χ0v) is 26.8. The summed E-state index contributed by atoms with van der Waals surface area (Å²) in [6, 6.07) is 55.2. The van der Waals surface area contributed by atoms with Gasteiger partial charge in [-0.2, -0.15) is 0 Å². The van der Waals surface area contributed by atoms with E-state index in [0.29, 0.717) is 34.7 Å². The Morgan fingerprint density at radius 3 is 1.66 bits per heavy atom. The molecule has 0 bridgehead atoms. The minimum absolute atomic E-state index is 0.346. The van der Waals surface area contributed by atoms with Crippen LogP contribution < -0.4 is 0 Å². The molecule has 0 fully saturated rings. The second-order valence-corrected chi connectivity index (χ2v) is 13.0. The van der Waals surface area contributed by atoms with Crippen LogP contribution in [-0.2, 0) is 5.41 Å². The lowest BCUT2D eigenvalue weighted by Gasteiger charge is -2.30. The third kappa shape index (κ3) is 3.62. The summed E-state index contributed by atoms with van der Waals surface area (Å²) in [5.74, 6) is 1.69. The van der Waals surface area contributed by atoms with Gasteiger partial charge in [0, 0.05) is 21.9 Å². The lowest BCUT2D eigenvalue weighted by atomic mass is 9.70. The number of rotatable bonds is 3. The predicted molar refractivity (Wildman–Crippen MR) is 200 cm³/mol. The van der Waals surface area contributed by atoms with E-state index in [2.05, 4.69) is 91.0 Å². The Balaban J connectivity index is 1.18. The van der Waals surface area contributed by atoms with Crippen LogP contribution in [0, 0.1) is 0 Å². The first-order valence-corrected chi connectivity index (χ1v) is 16.9.